The fourth-order valence-corrected chi connectivity index (χ4v) is 4.50. The van der Waals surface area contributed by atoms with Gasteiger partial charge in [-0.05, 0) is 41.8 Å². The summed E-state index contributed by atoms with van der Waals surface area (Å²) < 4.78 is 32.9. The lowest BCUT2D eigenvalue weighted by atomic mass is 10.1. The highest BCUT2D eigenvalue weighted by Gasteiger charge is 2.27. The summed E-state index contributed by atoms with van der Waals surface area (Å²) in [6.07, 6.45) is 0.677. The summed E-state index contributed by atoms with van der Waals surface area (Å²) in [5.74, 6) is 0.219. The molecule has 3 rings (SSSR count). The van der Waals surface area contributed by atoms with Gasteiger partial charge in [0.05, 0.1) is 18.6 Å². The number of hydrogen-bond donors (Lipinski definition) is 1. The Morgan fingerprint density at radius 3 is 2.03 bits per heavy atom. The first-order chi connectivity index (χ1) is 15.0. The number of amides is 1. The van der Waals surface area contributed by atoms with Gasteiger partial charge in [-0.25, -0.2) is 8.42 Å². The second-order valence-electron chi connectivity index (χ2n) is 7.02. The predicted octanol–water partition coefficient (Wildman–Crippen LogP) is 3.25. The first-order valence-electron chi connectivity index (χ1n) is 9.98. The van der Waals surface area contributed by atoms with Crippen molar-refractivity contribution in [1.82, 2.24) is 9.62 Å². The SMILES string of the molecule is COc1ccc(S(=O)(=O)N(CC(=O)NCCc2ccccc2)Cc2ccccc2)cc1. The molecule has 0 unspecified atom stereocenters. The van der Waals surface area contributed by atoms with E-state index in [2.05, 4.69) is 5.32 Å². The number of methoxy groups -OCH3 is 1. The van der Waals surface area contributed by atoms with E-state index in [1.165, 1.54) is 23.5 Å². The van der Waals surface area contributed by atoms with Crippen molar-refractivity contribution in [2.75, 3.05) is 20.2 Å². The van der Waals surface area contributed by atoms with Gasteiger partial charge >= 0.3 is 0 Å². The normalized spacial score (nSPS) is 11.3. The van der Waals surface area contributed by atoms with Crippen molar-refractivity contribution in [2.45, 2.75) is 17.9 Å². The van der Waals surface area contributed by atoms with Crippen LogP contribution in [-0.2, 0) is 27.8 Å². The third-order valence-corrected chi connectivity index (χ3v) is 6.60. The number of rotatable bonds is 10. The van der Waals surface area contributed by atoms with Crippen molar-refractivity contribution in [2.24, 2.45) is 0 Å². The van der Waals surface area contributed by atoms with Gasteiger partial charge in [-0.2, -0.15) is 4.31 Å². The molecule has 0 radical (unpaired) electrons. The van der Waals surface area contributed by atoms with E-state index in [-0.39, 0.29) is 23.9 Å². The average Bonchev–Trinajstić information content (AvgIpc) is 2.80. The molecular weight excluding hydrogens is 412 g/mol. The van der Waals surface area contributed by atoms with Crippen LogP contribution in [0.1, 0.15) is 11.1 Å². The Morgan fingerprint density at radius 2 is 1.45 bits per heavy atom. The molecule has 0 atom stereocenters. The van der Waals surface area contributed by atoms with Gasteiger partial charge in [0.25, 0.3) is 0 Å². The minimum Gasteiger partial charge on any atom is -0.497 e. The zero-order chi connectivity index (χ0) is 22.1. The third kappa shape index (κ3) is 6.41. The molecule has 0 saturated carbocycles. The second kappa shape index (κ2) is 10.7. The van der Waals surface area contributed by atoms with Crippen molar-refractivity contribution < 1.29 is 17.9 Å². The summed E-state index contributed by atoms with van der Waals surface area (Å²) in [6, 6.07) is 25.2. The van der Waals surface area contributed by atoms with Crippen molar-refractivity contribution in [3.63, 3.8) is 0 Å². The highest BCUT2D eigenvalue weighted by atomic mass is 32.2. The molecule has 7 heteroatoms. The number of nitrogens with zero attached hydrogens (tertiary/aromatic N) is 1. The molecule has 0 aromatic heterocycles. The van der Waals surface area contributed by atoms with Crippen LogP contribution in [0, 0.1) is 0 Å². The smallest absolute Gasteiger partial charge is 0.243 e. The van der Waals surface area contributed by atoms with Gasteiger partial charge in [0.15, 0.2) is 0 Å². The highest BCUT2D eigenvalue weighted by Crippen LogP contribution is 2.21. The number of sulfonamides is 1. The van der Waals surface area contributed by atoms with E-state index in [1.54, 1.807) is 12.1 Å². The van der Waals surface area contributed by atoms with Crippen LogP contribution < -0.4 is 10.1 Å². The van der Waals surface area contributed by atoms with E-state index in [9.17, 15) is 13.2 Å². The molecule has 0 aliphatic rings. The summed E-state index contributed by atoms with van der Waals surface area (Å²) >= 11 is 0. The van der Waals surface area contributed by atoms with E-state index in [0.29, 0.717) is 18.7 Å². The number of ether oxygens (including phenoxy) is 1. The number of benzene rings is 3. The monoisotopic (exact) mass is 438 g/mol. The molecule has 0 aliphatic heterocycles. The van der Waals surface area contributed by atoms with Crippen LogP contribution in [0.25, 0.3) is 0 Å². The lowest BCUT2D eigenvalue weighted by molar-refractivity contribution is -0.121. The Bertz CT molecular complexity index is 1070. The third-order valence-electron chi connectivity index (χ3n) is 4.80. The maximum absolute atomic E-state index is 13.3. The summed E-state index contributed by atoms with van der Waals surface area (Å²) in [4.78, 5) is 12.7. The zero-order valence-electron chi connectivity index (χ0n) is 17.4. The van der Waals surface area contributed by atoms with Gasteiger partial charge in [-0.3, -0.25) is 4.79 Å². The average molecular weight is 439 g/mol. The molecule has 3 aromatic rings. The van der Waals surface area contributed by atoms with E-state index < -0.39 is 10.0 Å². The largest absolute Gasteiger partial charge is 0.497 e. The lowest BCUT2D eigenvalue weighted by Gasteiger charge is -2.22. The highest BCUT2D eigenvalue weighted by molar-refractivity contribution is 7.89. The lowest BCUT2D eigenvalue weighted by Crippen LogP contribution is -2.40. The molecule has 3 aromatic carbocycles. The van der Waals surface area contributed by atoms with Gasteiger partial charge < -0.3 is 10.1 Å². The molecule has 0 heterocycles. The van der Waals surface area contributed by atoms with Crippen molar-refractivity contribution >= 4 is 15.9 Å². The van der Waals surface area contributed by atoms with Crippen molar-refractivity contribution in [3.05, 3.63) is 96.1 Å². The number of carbonyl (C=O) groups excluding carboxylic acids is 1. The molecule has 1 amide bonds. The van der Waals surface area contributed by atoms with Gasteiger partial charge in [0, 0.05) is 13.1 Å². The summed E-state index contributed by atoms with van der Waals surface area (Å²) in [6.45, 7) is 0.268. The van der Waals surface area contributed by atoms with E-state index in [1.807, 2.05) is 60.7 Å². The first-order valence-corrected chi connectivity index (χ1v) is 11.4. The molecule has 1 N–H and O–H groups in total. The molecule has 0 aliphatic carbocycles. The van der Waals surface area contributed by atoms with Gasteiger partial charge in [0.2, 0.25) is 15.9 Å². The van der Waals surface area contributed by atoms with Crippen LogP contribution >= 0.6 is 0 Å². The zero-order valence-corrected chi connectivity index (χ0v) is 18.2. The first kappa shape index (κ1) is 22.5. The van der Waals surface area contributed by atoms with E-state index >= 15 is 0 Å². The number of carbonyl (C=O) groups is 1. The Kier molecular flexibility index (Phi) is 7.81. The maximum atomic E-state index is 13.3. The fourth-order valence-electron chi connectivity index (χ4n) is 3.12. The Labute approximate surface area is 183 Å². The number of nitrogens with one attached hydrogen (secondary N) is 1. The van der Waals surface area contributed by atoms with Crippen LogP contribution in [0.4, 0.5) is 0 Å². The van der Waals surface area contributed by atoms with Gasteiger partial charge in [-0.15, -0.1) is 0 Å². The van der Waals surface area contributed by atoms with E-state index in [0.717, 1.165) is 11.1 Å². The molecule has 162 valence electrons. The molecule has 0 fully saturated rings. The van der Waals surface area contributed by atoms with Crippen LogP contribution in [0.2, 0.25) is 0 Å². The Hall–Kier alpha value is -3.16. The quantitative estimate of drug-likeness (QED) is 0.527. The summed E-state index contributed by atoms with van der Waals surface area (Å²) in [7, 11) is -2.36. The topological polar surface area (TPSA) is 75.7 Å². The van der Waals surface area contributed by atoms with Crippen LogP contribution in [0.5, 0.6) is 5.75 Å². The molecule has 6 nitrogen and oxygen atoms in total. The molecule has 31 heavy (non-hydrogen) atoms. The molecule has 0 saturated heterocycles. The Balaban J connectivity index is 1.73. The fraction of sp³-hybridized carbons (Fsp3) is 0.208. The van der Waals surface area contributed by atoms with Crippen molar-refractivity contribution in [3.8, 4) is 5.75 Å². The summed E-state index contributed by atoms with van der Waals surface area (Å²) in [5.41, 5.74) is 1.91. The molecule has 0 spiro atoms. The molecular formula is C24H26N2O4S. The van der Waals surface area contributed by atoms with Crippen LogP contribution in [0.15, 0.2) is 89.8 Å². The van der Waals surface area contributed by atoms with Gasteiger partial charge in [0.1, 0.15) is 5.75 Å². The number of hydrogen-bond acceptors (Lipinski definition) is 4. The predicted molar refractivity (Wildman–Crippen MR) is 120 cm³/mol. The maximum Gasteiger partial charge on any atom is 0.243 e. The molecule has 0 bridgehead atoms. The van der Waals surface area contributed by atoms with Crippen molar-refractivity contribution in [1.29, 1.82) is 0 Å². The van der Waals surface area contributed by atoms with E-state index in [4.69, 9.17) is 4.74 Å². The minimum atomic E-state index is -3.88. The summed E-state index contributed by atoms with van der Waals surface area (Å²) in [5, 5.41) is 2.82. The standard InChI is InChI=1S/C24H26N2O4S/c1-30-22-12-14-23(15-13-22)31(28,29)26(18-21-10-6-3-7-11-21)19-24(27)25-17-16-20-8-4-2-5-9-20/h2-15H,16-19H2,1H3,(H,25,27). The van der Waals surface area contributed by atoms with Crippen LogP contribution in [-0.4, -0.2) is 38.8 Å². The Morgan fingerprint density at radius 1 is 0.871 bits per heavy atom. The van der Waals surface area contributed by atoms with Gasteiger partial charge in [-0.1, -0.05) is 60.7 Å². The second-order valence-corrected chi connectivity index (χ2v) is 8.96. The minimum absolute atomic E-state index is 0.0985. The van der Waals surface area contributed by atoms with Crippen LogP contribution in [0.3, 0.4) is 0 Å².